The Kier molecular flexibility index (Phi) is 2.91. The van der Waals surface area contributed by atoms with Crippen molar-refractivity contribution in [2.75, 3.05) is 0 Å². The first-order valence-electron chi connectivity index (χ1n) is 5.19. The molecule has 0 aromatic heterocycles. The van der Waals surface area contributed by atoms with E-state index < -0.39 is 0 Å². The topological polar surface area (TPSA) is 0 Å². The molecule has 0 atom stereocenters. The molecular formula is C14H12BF. The van der Waals surface area contributed by atoms with E-state index in [9.17, 15) is 4.39 Å². The van der Waals surface area contributed by atoms with E-state index in [1.54, 1.807) is 13.9 Å². The van der Waals surface area contributed by atoms with Crippen LogP contribution < -0.4 is 5.46 Å². The second-order valence-corrected chi connectivity index (χ2v) is 3.81. The minimum atomic E-state index is -0.176. The van der Waals surface area contributed by atoms with E-state index in [4.69, 9.17) is 0 Å². The largest absolute Gasteiger partial charge is 0.208 e. The van der Waals surface area contributed by atoms with Gasteiger partial charge in [0.05, 0.1) is 0 Å². The van der Waals surface area contributed by atoms with Crippen LogP contribution in [0.4, 0.5) is 4.39 Å². The molecule has 0 heterocycles. The Bertz CT molecular complexity index is 518. The van der Waals surface area contributed by atoms with Gasteiger partial charge in [-0.25, -0.2) is 4.39 Å². The van der Waals surface area contributed by atoms with Gasteiger partial charge in [-0.15, -0.1) is 0 Å². The van der Waals surface area contributed by atoms with Crippen molar-refractivity contribution >= 4 is 18.9 Å². The van der Waals surface area contributed by atoms with E-state index in [1.165, 1.54) is 6.07 Å². The zero-order chi connectivity index (χ0) is 11.5. The van der Waals surface area contributed by atoms with Crippen LogP contribution in [0.5, 0.6) is 0 Å². The van der Waals surface area contributed by atoms with E-state index >= 15 is 0 Å². The molecule has 0 unspecified atom stereocenters. The zero-order valence-corrected chi connectivity index (χ0v) is 9.20. The third-order valence-electron chi connectivity index (χ3n) is 2.63. The third kappa shape index (κ3) is 2.06. The first-order valence-corrected chi connectivity index (χ1v) is 5.19. The van der Waals surface area contributed by atoms with Gasteiger partial charge in [-0.1, -0.05) is 54.5 Å². The summed E-state index contributed by atoms with van der Waals surface area (Å²) in [5.41, 5.74) is 3.59. The monoisotopic (exact) mass is 210 g/mol. The molecule has 0 spiro atoms. The number of halogens is 1. The molecule has 0 fully saturated rings. The van der Waals surface area contributed by atoms with Crippen molar-refractivity contribution in [2.45, 2.75) is 0 Å². The molecule has 0 N–H and O–H groups in total. The van der Waals surface area contributed by atoms with E-state index in [0.29, 0.717) is 5.46 Å². The Morgan fingerprint density at radius 2 is 1.69 bits per heavy atom. The number of hydrogen-bond donors (Lipinski definition) is 0. The lowest BCUT2D eigenvalue weighted by Crippen LogP contribution is -2.08. The Hall–Kier alpha value is -1.83. The SMILES string of the molecule is Bc1cc(C(=C)c2ccccc2)ccc1F. The summed E-state index contributed by atoms with van der Waals surface area (Å²) in [4.78, 5) is 0. The minimum Gasteiger partial charge on any atom is -0.208 e. The summed E-state index contributed by atoms with van der Waals surface area (Å²) in [5.74, 6) is -0.176. The van der Waals surface area contributed by atoms with Gasteiger partial charge in [-0.2, -0.15) is 0 Å². The van der Waals surface area contributed by atoms with Gasteiger partial charge in [0.2, 0.25) is 0 Å². The van der Waals surface area contributed by atoms with Crippen molar-refractivity contribution in [2.24, 2.45) is 0 Å². The smallest absolute Gasteiger partial charge is 0.143 e. The Morgan fingerprint density at radius 1 is 1.00 bits per heavy atom. The molecule has 78 valence electrons. The summed E-state index contributed by atoms with van der Waals surface area (Å²) in [7, 11) is 1.76. The van der Waals surface area contributed by atoms with Crippen molar-refractivity contribution in [1.29, 1.82) is 0 Å². The van der Waals surface area contributed by atoms with Crippen molar-refractivity contribution < 1.29 is 4.39 Å². The van der Waals surface area contributed by atoms with E-state index in [-0.39, 0.29) is 5.82 Å². The van der Waals surface area contributed by atoms with Gasteiger partial charge in [-0.3, -0.25) is 0 Å². The minimum absolute atomic E-state index is 0.176. The molecule has 0 saturated heterocycles. The molecule has 2 aromatic carbocycles. The third-order valence-corrected chi connectivity index (χ3v) is 2.63. The molecule has 16 heavy (non-hydrogen) atoms. The number of hydrogen-bond acceptors (Lipinski definition) is 0. The predicted octanol–water partition coefficient (Wildman–Crippen LogP) is 2.15. The van der Waals surface area contributed by atoms with Crippen LogP contribution in [0.1, 0.15) is 11.1 Å². The highest BCUT2D eigenvalue weighted by Gasteiger charge is 2.04. The molecule has 2 aromatic rings. The quantitative estimate of drug-likeness (QED) is 0.666. The molecule has 0 aliphatic carbocycles. The van der Waals surface area contributed by atoms with E-state index in [2.05, 4.69) is 6.58 Å². The molecule has 0 amide bonds. The van der Waals surface area contributed by atoms with Crippen molar-refractivity contribution in [3.63, 3.8) is 0 Å². The van der Waals surface area contributed by atoms with Gasteiger partial charge in [0, 0.05) is 0 Å². The molecular weight excluding hydrogens is 198 g/mol. The summed E-state index contributed by atoms with van der Waals surface area (Å²) in [6, 6.07) is 15.0. The van der Waals surface area contributed by atoms with Crippen molar-refractivity contribution in [1.82, 2.24) is 0 Å². The maximum absolute atomic E-state index is 13.1. The molecule has 0 bridgehead atoms. The Balaban J connectivity index is 2.39. The van der Waals surface area contributed by atoms with Gasteiger partial charge < -0.3 is 0 Å². The van der Waals surface area contributed by atoms with Crippen molar-refractivity contribution in [3.05, 3.63) is 72.1 Å². The normalized spacial score (nSPS) is 10.1. The van der Waals surface area contributed by atoms with Crippen LogP contribution in [0.25, 0.3) is 5.57 Å². The molecule has 0 nitrogen and oxygen atoms in total. The lowest BCUT2D eigenvalue weighted by Gasteiger charge is -2.07. The second kappa shape index (κ2) is 4.36. The standard InChI is InChI=1S/C14H12BF/c1-10(11-5-3-2-4-6-11)12-7-8-14(16)13(15)9-12/h2-9H,1,15H2. The fraction of sp³-hybridized carbons (Fsp3) is 0. The molecule has 2 rings (SSSR count). The second-order valence-electron chi connectivity index (χ2n) is 3.81. The summed E-state index contributed by atoms with van der Waals surface area (Å²) in [6.07, 6.45) is 0. The Morgan fingerprint density at radius 3 is 2.31 bits per heavy atom. The maximum atomic E-state index is 13.1. The fourth-order valence-corrected chi connectivity index (χ4v) is 1.64. The molecule has 0 aliphatic heterocycles. The molecule has 0 radical (unpaired) electrons. The molecule has 0 saturated carbocycles. The lowest BCUT2D eigenvalue weighted by atomic mass is 9.90. The zero-order valence-electron chi connectivity index (χ0n) is 9.20. The van der Waals surface area contributed by atoms with E-state index in [1.807, 2.05) is 36.4 Å². The van der Waals surface area contributed by atoms with Gasteiger partial charge >= 0.3 is 0 Å². The van der Waals surface area contributed by atoms with Crippen LogP contribution in [0.3, 0.4) is 0 Å². The van der Waals surface area contributed by atoms with Crippen LogP contribution in [0, 0.1) is 5.82 Å². The van der Waals surface area contributed by atoms with Gasteiger partial charge in [0.15, 0.2) is 0 Å². The first kappa shape index (κ1) is 10.7. The van der Waals surface area contributed by atoms with Crippen LogP contribution in [-0.2, 0) is 0 Å². The highest BCUT2D eigenvalue weighted by molar-refractivity contribution is 6.32. The average molecular weight is 210 g/mol. The molecule has 0 aliphatic rings. The van der Waals surface area contributed by atoms with E-state index in [0.717, 1.165) is 16.7 Å². The summed E-state index contributed by atoms with van der Waals surface area (Å²) >= 11 is 0. The van der Waals surface area contributed by atoms with Gasteiger partial charge in [-0.05, 0) is 22.8 Å². The summed E-state index contributed by atoms with van der Waals surface area (Å²) in [5, 5.41) is 0. The summed E-state index contributed by atoms with van der Waals surface area (Å²) in [6.45, 7) is 4.04. The van der Waals surface area contributed by atoms with Crippen molar-refractivity contribution in [3.8, 4) is 0 Å². The maximum Gasteiger partial charge on any atom is 0.143 e. The Labute approximate surface area is 95.8 Å². The number of benzene rings is 2. The predicted molar refractivity (Wildman–Crippen MR) is 69.2 cm³/mol. The molecule has 2 heteroatoms. The van der Waals surface area contributed by atoms with Gasteiger partial charge in [0.25, 0.3) is 0 Å². The van der Waals surface area contributed by atoms with Gasteiger partial charge in [0.1, 0.15) is 13.7 Å². The lowest BCUT2D eigenvalue weighted by molar-refractivity contribution is 0.636. The van der Waals surface area contributed by atoms with Crippen LogP contribution in [0.2, 0.25) is 0 Å². The number of rotatable bonds is 2. The average Bonchev–Trinajstić information content (AvgIpc) is 2.33. The highest BCUT2D eigenvalue weighted by Crippen LogP contribution is 2.20. The first-order chi connectivity index (χ1) is 7.68. The van der Waals surface area contributed by atoms with Crippen LogP contribution in [-0.4, -0.2) is 7.85 Å². The van der Waals surface area contributed by atoms with Crippen LogP contribution in [0.15, 0.2) is 55.1 Å². The highest BCUT2D eigenvalue weighted by atomic mass is 19.1. The fourth-order valence-electron chi connectivity index (χ4n) is 1.64. The van der Waals surface area contributed by atoms with Crippen LogP contribution >= 0.6 is 0 Å². The summed E-state index contributed by atoms with van der Waals surface area (Å²) < 4.78 is 13.1.